The Hall–Kier alpha value is -1.75. The summed E-state index contributed by atoms with van der Waals surface area (Å²) in [6.07, 6.45) is 1.31. The van der Waals surface area contributed by atoms with Crippen LogP contribution < -0.4 is 14.8 Å². The Morgan fingerprint density at radius 1 is 1.08 bits per heavy atom. The van der Waals surface area contributed by atoms with Gasteiger partial charge < -0.3 is 19.9 Å². The summed E-state index contributed by atoms with van der Waals surface area (Å²) >= 11 is 5.96. The minimum atomic E-state index is -0.567. The first kappa shape index (κ1) is 19.6. The van der Waals surface area contributed by atoms with Crippen LogP contribution in [0.25, 0.3) is 0 Å². The molecule has 0 spiro atoms. The van der Waals surface area contributed by atoms with Crippen LogP contribution in [0, 0.1) is 0 Å². The van der Waals surface area contributed by atoms with Gasteiger partial charge >= 0.3 is 0 Å². The summed E-state index contributed by atoms with van der Waals surface area (Å²) in [6.45, 7) is 2.61. The number of benzene rings is 2. The zero-order valence-electron chi connectivity index (χ0n) is 15.0. The highest BCUT2D eigenvalue weighted by molar-refractivity contribution is 6.30. The Morgan fingerprint density at radius 3 is 2.52 bits per heavy atom. The number of aliphatic hydroxyl groups is 1. The molecule has 2 aromatic rings. The smallest absolute Gasteiger partial charge is 0.160 e. The van der Waals surface area contributed by atoms with E-state index in [0.29, 0.717) is 11.6 Å². The predicted octanol–water partition coefficient (Wildman–Crippen LogP) is 4.00. The van der Waals surface area contributed by atoms with Crippen LogP contribution in [-0.2, 0) is 6.42 Å². The number of hydrogen-bond acceptors (Lipinski definition) is 4. The van der Waals surface area contributed by atoms with Gasteiger partial charge in [0.05, 0.1) is 20.3 Å². The number of halogens is 1. The fourth-order valence-corrected chi connectivity index (χ4v) is 2.86. The van der Waals surface area contributed by atoms with E-state index in [0.717, 1.165) is 29.9 Å². The second kappa shape index (κ2) is 9.66. The van der Waals surface area contributed by atoms with Crippen LogP contribution in [0.3, 0.4) is 0 Å². The van der Waals surface area contributed by atoms with Gasteiger partial charge in [0.15, 0.2) is 11.5 Å². The summed E-state index contributed by atoms with van der Waals surface area (Å²) in [5, 5.41) is 14.3. The summed E-state index contributed by atoms with van der Waals surface area (Å²) in [5.41, 5.74) is 2.02. The summed E-state index contributed by atoms with van der Waals surface area (Å²) in [7, 11) is 3.28. The van der Waals surface area contributed by atoms with Crippen LogP contribution >= 0.6 is 11.6 Å². The van der Waals surface area contributed by atoms with E-state index < -0.39 is 6.10 Å². The van der Waals surface area contributed by atoms with Crippen LogP contribution in [0.4, 0.5) is 0 Å². The van der Waals surface area contributed by atoms with Crippen LogP contribution in [0.2, 0.25) is 5.02 Å². The largest absolute Gasteiger partial charge is 0.493 e. The third-order valence-corrected chi connectivity index (χ3v) is 4.44. The minimum Gasteiger partial charge on any atom is -0.493 e. The van der Waals surface area contributed by atoms with Gasteiger partial charge in [0.2, 0.25) is 0 Å². The third kappa shape index (κ3) is 5.92. The quantitative estimate of drug-likeness (QED) is 0.707. The molecule has 2 N–H and O–H groups in total. The molecule has 0 saturated carbocycles. The molecular weight excluding hydrogens is 338 g/mol. The molecule has 5 heteroatoms. The van der Waals surface area contributed by atoms with Crippen LogP contribution in [0.5, 0.6) is 11.5 Å². The first-order valence-electron chi connectivity index (χ1n) is 8.41. The summed E-state index contributed by atoms with van der Waals surface area (Å²) < 4.78 is 10.6. The topological polar surface area (TPSA) is 50.7 Å². The van der Waals surface area contributed by atoms with Gasteiger partial charge in [0.25, 0.3) is 0 Å². The lowest BCUT2D eigenvalue weighted by Crippen LogP contribution is -2.30. The standard InChI is InChI=1S/C20H26ClNO3/c1-14(22-13-18(23)16-5-4-6-17(21)12-16)7-8-15-9-10-19(24-2)20(11-15)25-3/h4-6,9-12,14,18,22-23H,7-8,13H2,1-3H3. The van der Waals surface area contributed by atoms with E-state index in [1.807, 2.05) is 24.3 Å². The second-order valence-corrected chi connectivity index (χ2v) is 6.54. The highest BCUT2D eigenvalue weighted by atomic mass is 35.5. The van der Waals surface area contributed by atoms with Crippen molar-refractivity contribution < 1.29 is 14.6 Å². The number of nitrogens with one attached hydrogen (secondary N) is 1. The Morgan fingerprint density at radius 2 is 1.84 bits per heavy atom. The number of aryl methyl sites for hydroxylation is 1. The molecule has 0 heterocycles. The molecule has 2 aromatic carbocycles. The van der Waals surface area contributed by atoms with Crippen LogP contribution in [-0.4, -0.2) is 31.9 Å². The van der Waals surface area contributed by atoms with Gasteiger partial charge in [-0.05, 0) is 55.2 Å². The van der Waals surface area contributed by atoms with Crippen LogP contribution in [0.1, 0.15) is 30.6 Å². The fourth-order valence-electron chi connectivity index (χ4n) is 2.67. The maximum atomic E-state index is 10.3. The molecule has 0 radical (unpaired) electrons. The molecule has 4 nitrogen and oxygen atoms in total. The molecule has 0 aromatic heterocycles. The van der Waals surface area contributed by atoms with Crippen molar-refractivity contribution in [3.8, 4) is 11.5 Å². The fraction of sp³-hybridized carbons (Fsp3) is 0.400. The zero-order chi connectivity index (χ0) is 18.2. The molecule has 2 atom stereocenters. The van der Waals surface area contributed by atoms with Gasteiger partial charge in [0, 0.05) is 17.6 Å². The minimum absolute atomic E-state index is 0.280. The average Bonchev–Trinajstić information content (AvgIpc) is 2.64. The molecule has 0 fully saturated rings. The van der Waals surface area contributed by atoms with E-state index in [4.69, 9.17) is 21.1 Å². The highest BCUT2D eigenvalue weighted by Gasteiger charge is 2.11. The van der Waals surface area contributed by atoms with E-state index in [9.17, 15) is 5.11 Å². The summed E-state index contributed by atoms with van der Waals surface area (Å²) in [5.74, 6) is 1.49. The van der Waals surface area contributed by atoms with Crippen molar-refractivity contribution in [1.82, 2.24) is 5.32 Å². The Kier molecular flexibility index (Phi) is 7.56. The van der Waals surface area contributed by atoms with Crippen molar-refractivity contribution in [3.05, 3.63) is 58.6 Å². The van der Waals surface area contributed by atoms with E-state index in [2.05, 4.69) is 18.3 Å². The third-order valence-electron chi connectivity index (χ3n) is 4.21. The molecule has 25 heavy (non-hydrogen) atoms. The predicted molar refractivity (Wildman–Crippen MR) is 102 cm³/mol. The molecule has 0 aliphatic rings. The zero-order valence-corrected chi connectivity index (χ0v) is 15.7. The van der Waals surface area contributed by atoms with Gasteiger partial charge in [-0.1, -0.05) is 29.8 Å². The molecule has 0 saturated heterocycles. The molecule has 136 valence electrons. The molecular formula is C20H26ClNO3. The highest BCUT2D eigenvalue weighted by Crippen LogP contribution is 2.28. The molecule has 0 aliphatic heterocycles. The molecule has 0 amide bonds. The van der Waals surface area contributed by atoms with Crippen molar-refractivity contribution in [2.24, 2.45) is 0 Å². The molecule has 2 unspecified atom stereocenters. The SMILES string of the molecule is COc1ccc(CCC(C)NCC(O)c2cccc(Cl)c2)cc1OC. The maximum absolute atomic E-state index is 10.3. The van der Waals surface area contributed by atoms with Gasteiger partial charge in [-0.3, -0.25) is 0 Å². The van der Waals surface area contributed by atoms with Crippen molar-refractivity contribution >= 4 is 11.6 Å². The van der Waals surface area contributed by atoms with E-state index >= 15 is 0 Å². The number of rotatable bonds is 9. The van der Waals surface area contributed by atoms with E-state index in [1.54, 1.807) is 26.4 Å². The number of ether oxygens (including phenoxy) is 2. The molecule has 0 bridgehead atoms. The first-order valence-corrected chi connectivity index (χ1v) is 8.79. The number of aliphatic hydroxyl groups excluding tert-OH is 1. The van der Waals surface area contributed by atoms with Gasteiger partial charge in [0.1, 0.15) is 0 Å². The van der Waals surface area contributed by atoms with Crippen molar-refractivity contribution in [1.29, 1.82) is 0 Å². The number of hydrogen-bond donors (Lipinski definition) is 2. The second-order valence-electron chi connectivity index (χ2n) is 6.11. The first-order chi connectivity index (χ1) is 12.0. The monoisotopic (exact) mass is 363 g/mol. The Labute approximate surface area is 154 Å². The van der Waals surface area contributed by atoms with Gasteiger partial charge in [-0.25, -0.2) is 0 Å². The van der Waals surface area contributed by atoms with Gasteiger partial charge in [-0.15, -0.1) is 0 Å². The van der Waals surface area contributed by atoms with E-state index in [1.165, 1.54) is 5.56 Å². The lowest BCUT2D eigenvalue weighted by atomic mass is 10.0. The maximum Gasteiger partial charge on any atom is 0.160 e. The Balaban J connectivity index is 1.81. The lowest BCUT2D eigenvalue weighted by molar-refractivity contribution is 0.170. The lowest BCUT2D eigenvalue weighted by Gasteiger charge is -2.18. The van der Waals surface area contributed by atoms with E-state index in [-0.39, 0.29) is 6.04 Å². The van der Waals surface area contributed by atoms with Gasteiger partial charge in [-0.2, -0.15) is 0 Å². The average molecular weight is 364 g/mol. The molecule has 2 rings (SSSR count). The van der Waals surface area contributed by atoms with Crippen molar-refractivity contribution in [3.63, 3.8) is 0 Å². The summed E-state index contributed by atoms with van der Waals surface area (Å²) in [4.78, 5) is 0. The van der Waals surface area contributed by atoms with Crippen molar-refractivity contribution in [2.75, 3.05) is 20.8 Å². The molecule has 0 aliphatic carbocycles. The Bertz CT molecular complexity index is 678. The summed E-state index contributed by atoms with van der Waals surface area (Å²) in [6, 6.07) is 13.6. The van der Waals surface area contributed by atoms with Crippen molar-refractivity contribution in [2.45, 2.75) is 31.9 Å². The van der Waals surface area contributed by atoms with Crippen LogP contribution in [0.15, 0.2) is 42.5 Å². The normalized spacial score (nSPS) is 13.3. The number of methoxy groups -OCH3 is 2.